The van der Waals surface area contributed by atoms with Crippen molar-refractivity contribution in [3.63, 3.8) is 0 Å². The molecule has 7 heteroatoms. The standard InChI is InChI=1S/C14H14F2N4O/c15-14(16)5-11(6-14)21-10-3-1-9(2-4-10)12-7-19-13(20-17)8-18-12/h1-4,7-8,11H,5-6,17H2,(H,19,20). The normalized spacial score (nSPS) is 17.1. The average molecular weight is 292 g/mol. The highest BCUT2D eigenvalue weighted by atomic mass is 19.3. The van der Waals surface area contributed by atoms with Crippen molar-refractivity contribution in [1.82, 2.24) is 9.97 Å². The molecule has 1 aromatic heterocycles. The van der Waals surface area contributed by atoms with Gasteiger partial charge < -0.3 is 10.2 Å². The maximum atomic E-state index is 12.7. The summed E-state index contributed by atoms with van der Waals surface area (Å²) in [5.41, 5.74) is 3.95. The molecule has 3 rings (SSSR count). The molecular weight excluding hydrogens is 278 g/mol. The monoisotopic (exact) mass is 292 g/mol. The fourth-order valence-electron chi connectivity index (χ4n) is 2.14. The van der Waals surface area contributed by atoms with Gasteiger partial charge in [0.2, 0.25) is 0 Å². The Morgan fingerprint density at radius 3 is 2.38 bits per heavy atom. The van der Waals surface area contributed by atoms with E-state index in [1.54, 1.807) is 18.3 Å². The smallest absolute Gasteiger partial charge is 0.255 e. The summed E-state index contributed by atoms with van der Waals surface area (Å²) in [6.07, 6.45) is 2.29. The van der Waals surface area contributed by atoms with Crippen LogP contribution in [0.3, 0.4) is 0 Å². The lowest BCUT2D eigenvalue weighted by atomic mass is 9.91. The number of hydrazine groups is 1. The second-order valence-corrected chi connectivity index (χ2v) is 4.96. The molecule has 1 aliphatic carbocycles. The van der Waals surface area contributed by atoms with E-state index in [1.807, 2.05) is 12.1 Å². The first kappa shape index (κ1) is 13.7. The van der Waals surface area contributed by atoms with E-state index in [0.717, 1.165) is 5.56 Å². The van der Waals surface area contributed by atoms with Gasteiger partial charge in [-0.3, -0.25) is 4.98 Å². The molecule has 1 aromatic carbocycles. The molecule has 3 N–H and O–H groups in total. The van der Waals surface area contributed by atoms with Crippen molar-refractivity contribution < 1.29 is 13.5 Å². The quantitative estimate of drug-likeness (QED) is 0.669. The van der Waals surface area contributed by atoms with Gasteiger partial charge in [-0.2, -0.15) is 0 Å². The SMILES string of the molecule is NNc1cnc(-c2ccc(OC3CC(F)(F)C3)cc2)cn1. The van der Waals surface area contributed by atoms with Crippen molar-refractivity contribution in [2.75, 3.05) is 5.43 Å². The molecule has 1 fully saturated rings. The van der Waals surface area contributed by atoms with Crippen LogP contribution in [0.1, 0.15) is 12.8 Å². The number of nitrogen functional groups attached to an aromatic ring is 1. The molecule has 0 amide bonds. The average Bonchev–Trinajstić information content (AvgIpc) is 2.46. The third-order valence-corrected chi connectivity index (χ3v) is 3.31. The van der Waals surface area contributed by atoms with Gasteiger partial charge in [-0.1, -0.05) is 0 Å². The fraction of sp³-hybridized carbons (Fsp3) is 0.286. The molecule has 5 nitrogen and oxygen atoms in total. The molecule has 1 saturated carbocycles. The van der Waals surface area contributed by atoms with Crippen molar-refractivity contribution in [1.29, 1.82) is 0 Å². The number of anilines is 1. The molecule has 0 unspecified atom stereocenters. The minimum Gasteiger partial charge on any atom is -0.490 e. The van der Waals surface area contributed by atoms with E-state index < -0.39 is 12.0 Å². The summed E-state index contributed by atoms with van der Waals surface area (Å²) in [4.78, 5) is 8.28. The van der Waals surface area contributed by atoms with Crippen LogP contribution in [-0.4, -0.2) is 22.0 Å². The van der Waals surface area contributed by atoms with Crippen LogP contribution in [0.25, 0.3) is 11.3 Å². The summed E-state index contributed by atoms with van der Waals surface area (Å²) < 4.78 is 30.9. The topological polar surface area (TPSA) is 73.1 Å². The van der Waals surface area contributed by atoms with Crippen LogP contribution in [0.2, 0.25) is 0 Å². The number of nitrogens with zero attached hydrogens (tertiary/aromatic N) is 2. The number of hydrogen-bond acceptors (Lipinski definition) is 5. The summed E-state index contributed by atoms with van der Waals surface area (Å²) in [6.45, 7) is 0. The Morgan fingerprint density at radius 1 is 1.14 bits per heavy atom. The van der Waals surface area contributed by atoms with Crippen LogP contribution in [0, 0.1) is 0 Å². The first-order valence-corrected chi connectivity index (χ1v) is 6.49. The Labute approximate surface area is 120 Å². The maximum Gasteiger partial charge on any atom is 0.255 e. The number of halogens is 2. The van der Waals surface area contributed by atoms with E-state index in [9.17, 15) is 8.78 Å². The lowest BCUT2D eigenvalue weighted by Crippen LogP contribution is -2.43. The molecule has 110 valence electrons. The third kappa shape index (κ3) is 3.08. The summed E-state index contributed by atoms with van der Waals surface area (Å²) >= 11 is 0. The van der Waals surface area contributed by atoms with Crippen LogP contribution in [0.5, 0.6) is 5.75 Å². The summed E-state index contributed by atoms with van der Waals surface area (Å²) in [5, 5.41) is 0. The highest BCUT2D eigenvalue weighted by Crippen LogP contribution is 2.39. The van der Waals surface area contributed by atoms with Crippen LogP contribution in [-0.2, 0) is 0 Å². The van der Waals surface area contributed by atoms with Gasteiger partial charge in [-0.05, 0) is 24.3 Å². The van der Waals surface area contributed by atoms with Crippen molar-refractivity contribution >= 4 is 5.82 Å². The molecule has 0 atom stereocenters. The van der Waals surface area contributed by atoms with Crippen molar-refractivity contribution in [2.45, 2.75) is 24.9 Å². The second kappa shape index (κ2) is 5.25. The predicted octanol–water partition coefficient (Wildman–Crippen LogP) is 2.61. The van der Waals surface area contributed by atoms with Gasteiger partial charge in [0.25, 0.3) is 5.92 Å². The molecule has 1 heterocycles. The van der Waals surface area contributed by atoms with Crippen LogP contribution >= 0.6 is 0 Å². The van der Waals surface area contributed by atoms with Gasteiger partial charge in [0.1, 0.15) is 11.9 Å². The van der Waals surface area contributed by atoms with Crippen LogP contribution in [0.15, 0.2) is 36.7 Å². The van der Waals surface area contributed by atoms with Gasteiger partial charge in [-0.25, -0.2) is 19.6 Å². The first-order chi connectivity index (χ1) is 10.1. The van der Waals surface area contributed by atoms with Crippen molar-refractivity contribution in [2.24, 2.45) is 5.84 Å². The Balaban J connectivity index is 1.66. The summed E-state index contributed by atoms with van der Waals surface area (Å²) in [6, 6.07) is 7.10. The third-order valence-electron chi connectivity index (χ3n) is 3.31. The minimum absolute atomic E-state index is 0.215. The maximum absolute atomic E-state index is 12.7. The predicted molar refractivity (Wildman–Crippen MR) is 73.9 cm³/mol. The Kier molecular flexibility index (Phi) is 3.42. The Morgan fingerprint density at radius 2 is 1.86 bits per heavy atom. The number of rotatable bonds is 4. The first-order valence-electron chi connectivity index (χ1n) is 6.49. The van der Waals surface area contributed by atoms with Crippen molar-refractivity contribution in [3.8, 4) is 17.0 Å². The van der Waals surface area contributed by atoms with E-state index in [0.29, 0.717) is 17.3 Å². The largest absolute Gasteiger partial charge is 0.490 e. The fourth-order valence-corrected chi connectivity index (χ4v) is 2.14. The zero-order valence-corrected chi connectivity index (χ0v) is 11.1. The Bertz CT molecular complexity index is 608. The van der Waals surface area contributed by atoms with E-state index in [1.165, 1.54) is 6.20 Å². The molecule has 0 radical (unpaired) electrons. The molecule has 21 heavy (non-hydrogen) atoms. The van der Waals surface area contributed by atoms with E-state index in [-0.39, 0.29) is 12.8 Å². The lowest BCUT2D eigenvalue weighted by molar-refractivity contribution is -0.134. The van der Waals surface area contributed by atoms with Crippen LogP contribution < -0.4 is 16.0 Å². The van der Waals surface area contributed by atoms with E-state index in [4.69, 9.17) is 10.6 Å². The van der Waals surface area contributed by atoms with E-state index in [2.05, 4.69) is 15.4 Å². The highest BCUT2D eigenvalue weighted by Gasteiger charge is 2.46. The highest BCUT2D eigenvalue weighted by molar-refractivity contribution is 5.59. The molecular formula is C14H14F2N4O. The molecule has 0 aliphatic heterocycles. The number of nitrogens with two attached hydrogens (primary N) is 1. The molecule has 0 bridgehead atoms. The van der Waals surface area contributed by atoms with Crippen LogP contribution in [0.4, 0.5) is 14.6 Å². The molecule has 0 saturated heterocycles. The van der Waals surface area contributed by atoms with Gasteiger partial charge in [0.05, 0.1) is 18.1 Å². The van der Waals surface area contributed by atoms with Gasteiger partial charge in [-0.15, -0.1) is 0 Å². The number of hydrogen-bond donors (Lipinski definition) is 2. The zero-order chi connectivity index (χ0) is 14.9. The molecule has 1 aliphatic rings. The minimum atomic E-state index is -2.57. The van der Waals surface area contributed by atoms with E-state index >= 15 is 0 Å². The number of alkyl halides is 2. The van der Waals surface area contributed by atoms with Gasteiger partial charge >= 0.3 is 0 Å². The van der Waals surface area contributed by atoms with Gasteiger partial charge in [0.15, 0.2) is 5.82 Å². The number of nitrogens with one attached hydrogen (secondary N) is 1. The molecule has 2 aromatic rings. The van der Waals surface area contributed by atoms with Gasteiger partial charge in [0, 0.05) is 18.4 Å². The van der Waals surface area contributed by atoms with Crippen molar-refractivity contribution in [3.05, 3.63) is 36.7 Å². The zero-order valence-electron chi connectivity index (χ0n) is 11.1. The lowest BCUT2D eigenvalue weighted by Gasteiger charge is -2.34. The Hall–Kier alpha value is -2.28. The molecule has 0 spiro atoms. The number of ether oxygens (including phenoxy) is 1. The number of benzene rings is 1. The number of aromatic nitrogens is 2. The summed E-state index contributed by atoms with van der Waals surface area (Å²) in [5.74, 6) is 3.70. The summed E-state index contributed by atoms with van der Waals surface area (Å²) in [7, 11) is 0. The second-order valence-electron chi connectivity index (χ2n) is 4.96.